The van der Waals surface area contributed by atoms with Crippen molar-refractivity contribution in [1.29, 1.82) is 0 Å². The molecular formula is C15H14O9Sn. The fraction of sp³-hybridized carbons (Fsp3) is 0. The van der Waals surface area contributed by atoms with E-state index in [1.54, 1.807) is 0 Å². The van der Waals surface area contributed by atoms with Gasteiger partial charge < -0.3 is 40.9 Å². The van der Waals surface area contributed by atoms with Crippen LogP contribution >= 0.6 is 0 Å². The molecule has 9 nitrogen and oxygen atoms in total. The van der Waals surface area contributed by atoms with Crippen LogP contribution in [0.3, 0.4) is 0 Å². The first-order valence-corrected chi connectivity index (χ1v) is 6.12. The van der Waals surface area contributed by atoms with Crippen molar-refractivity contribution < 1.29 is 40.9 Å². The Morgan fingerprint density at radius 1 is 0.800 bits per heavy atom. The summed E-state index contributed by atoms with van der Waals surface area (Å²) >= 11 is 0. The van der Waals surface area contributed by atoms with Crippen LogP contribution in [0.25, 0.3) is 22.3 Å². The molecule has 0 amide bonds. The Morgan fingerprint density at radius 3 is 2.04 bits per heavy atom. The molecule has 0 spiro atoms. The molecule has 1 aromatic heterocycles. The summed E-state index contributed by atoms with van der Waals surface area (Å²) < 4.78 is 5.35. The molecule has 2 aromatic carbocycles. The van der Waals surface area contributed by atoms with Gasteiger partial charge in [0, 0.05) is 41.6 Å². The van der Waals surface area contributed by atoms with Gasteiger partial charge in [-0.1, -0.05) is 0 Å². The summed E-state index contributed by atoms with van der Waals surface area (Å²) in [7, 11) is 0. The molecule has 0 bridgehead atoms. The van der Waals surface area contributed by atoms with Gasteiger partial charge in [-0.2, -0.15) is 0 Å². The van der Waals surface area contributed by atoms with E-state index in [9.17, 15) is 30.3 Å². The Balaban J connectivity index is 0.00000192. The zero-order valence-electron chi connectivity index (χ0n) is 12.4. The topological polar surface area (TPSA) is 194 Å². The van der Waals surface area contributed by atoms with Gasteiger partial charge in [0.2, 0.25) is 11.2 Å². The van der Waals surface area contributed by atoms with E-state index in [2.05, 4.69) is 0 Å². The molecule has 0 aliphatic carbocycles. The van der Waals surface area contributed by atoms with Crippen molar-refractivity contribution in [3.05, 3.63) is 40.6 Å². The Labute approximate surface area is 156 Å². The molecule has 0 fully saturated rings. The fourth-order valence-corrected chi connectivity index (χ4v) is 2.14. The van der Waals surface area contributed by atoms with Crippen LogP contribution in [-0.4, -0.2) is 60.4 Å². The summed E-state index contributed by atoms with van der Waals surface area (Å²) in [5.74, 6) is -2.71. The SMILES string of the molecule is O.O.O=c1c(O)c(-c2ccc(O)c(O)c2)oc2cc(O)cc(O)c12.[Sn]. The number of phenolic OH excluding ortho intramolecular Hbond substituents is 4. The van der Waals surface area contributed by atoms with Crippen LogP contribution in [0.5, 0.6) is 28.7 Å². The maximum absolute atomic E-state index is 12.1. The molecule has 4 radical (unpaired) electrons. The van der Waals surface area contributed by atoms with Gasteiger partial charge in [-0.05, 0) is 18.2 Å². The van der Waals surface area contributed by atoms with Crippen LogP contribution in [0.1, 0.15) is 0 Å². The predicted octanol–water partition coefficient (Wildman–Crippen LogP) is -0.0422. The minimum absolute atomic E-state index is 0. The average Bonchev–Trinajstić information content (AvgIpc) is 2.45. The second kappa shape index (κ2) is 7.96. The first-order valence-electron chi connectivity index (χ1n) is 6.12. The quantitative estimate of drug-likeness (QED) is 0.250. The molecule has 3 aromatic rings. The molecule has 0 saturated carbocycles. The van der Waals surface area contributed by atoms with Crippen LogP contribution < -0.4 is 5.43 Å². The minimum atomic E-state index is -0.888. The molecule has 9 N–H and O–H groups in total. The fourth-order valence-electron chi connectivity index (χ4n) is 2.14. The smallest absolute Gasteiger partial charge is 0.238 e. The molecule has 1 heterocycles. The normalized spacial score (nSPS) is 9.60. The number of fused-ring (bicyclic) bond motifs is 1. The molecule has 25 heavy (non-hydrogen) atoms. The molecule has 132 valence electrons. The van der Waals surface area contributed by atoms with Crippen LogP contribution in [0.15, 0.2) is 39.5 Å². The van der Waals surface area contributed by atoms with Crippen LogP contribution in [0.4, 0.5) is 0 Å². The zero-order valence-corrected chi connectivity index (χ0v) is 15.3. The van der Waals surface area contributed by atoms with Crippen molar-refractivity contribution in [2.24, 2.45) is 0 Å². The van der Waals surface area contributed by atoms with E-state index in [0.717, 1.165) is 24.3 Å². The van der Waals surface area contributed by atoms with Crippen molar-refractivity contribution in [3.8, 4) is 40.1 Å². The third-order valence-corrected chi connectivity index (χ3v) is 3.17. The van der Waals surface area contributed by atoms with Crippen molar-refractivity contribution in [3.63, 3.8) is 0 Å². The van der Waals surface area contributed by atoms with Crippen molar-refractivity contribution in [1.82, 2.24) is 0 Å². The Kier molecular flexibility index (Phi) is 7.12. The zero-order chi connectivity index (χ0) is 16.0. The standard InChI is InChI=1S/C15H10O7.2H2O.Sn/c16-7-4-10(19)12-11(5-7)22-15(14(21)13(12)20)6-1-2-8(17)9(18)3-6;;;/h1-5,16-19,21H;2*1H2;. The van der Waals surface area contributed by atoms with Gasteiger partial charge in [0.15, 0.2) is 17.3 Å². The third kappa shape index (κ3) is 3.73. The van der Waals surface area contributed by atoms with E-state index in [-0.39, 0.29) is 68.7 Å². The van der Waals surface area contributed by atoms with Gasteiger partial charge >= 0.3 is 0 Å². The van der Waals surface area contributed by atoms with Gasteiger partial charge in [0.05, 0.1) is 0 Å². The van der Waals surface area contributed by atoms with Crippen LogP contribution in [-0.2, 0) is 0 Å². The van der Waals surface area contributed by atoms with Gasteiger partial charge in [-0.25, -0.2) is 0 Å². The van der Waals surface area contributed by atoms with Crippen molar-refractivity contribution in [2.75, 3.05) is 0 Å². The maximum atomic E-state index is 12.1. The van der Waals surface area contributed by atoms with Crippen molar-refractivity contribution in [2.45, 2.75) is 0 Å². The van der Waals surface area contributed by atoms with Gasteiger partial charge in [0.25, 0.3) is 0 Å². The number of rotatable bonds is 1. The summed E-state index contributed by atoms with van der Waals surface area (Å²) in [5.41, 5.74) is -0.890. The molecule has 0 unspecified atom stereocenters. The van der Waals surface area contributed by atoms with E-state index in [1.165, 1.54) is 6.07 Å². The molecule has 0 saturated heterocycles. The van der Waals surface area contributed by atoms with E-state index in [4.69, 9.17) is 4.42 Å². The van der Waals surface area contributed by atoms with Gasteiger partial charge in [0.1, 0.15) is 22.5 Å². The summed E-state index contributed by atoms with van der Waals surface area (Å²) in [6.45, 7) is 0. The Bertz CT molecular complexity index is 965. The van der Waals surface area contributed by atoms with E-state index in [0.29, 0.717) is 0 Å². The molecule has 0 aliphatic rings. The van der Waals surface area contributed by atoms with E-state index >= 15 is 0 Å². The Morgan fingerprint density at radius 2 is 1.44 bits per heavy atom. The predicted molar refractivity (Wildman–Crippen MR) is 89.2 cm³/mol. The monoisotopic (exact) mass is 458 g/mol. The maximum Gasteiger partial charge on any atom is 0.238 e. The molecule has 10 heteroatoms. The molecule has 0 aliphatic heterocycles. The second-order valence-electron chi connectivity index (χ2n) is 4.65. The van der Waals surface area contributed by atoms with E-state index < -0.39 is 22.7 Å². The summed E-state index contributed by atoms with van der Waals surface area (Å²) in [5, 5.41) is 47.6. The molecule has 0 atom stereocenters. The number of aromatic hydroxyl groups is 5. The largest absolute Gasteiger partial charge is 0.508 e. The first-order chi connectivity index (χ1) is 10.4. The summed E-state index contributed by atoms with van der Waals surface area (Å²) in [4.78, 5) is 12.1. The number of hydrogen-bond donors (Lipinski definition) is 5. The average molecular weight is 457 g/mol. The van der Waals surface area contributed by atoms with Crippen LogP contribution in [0, 0.1) is 0 Å². The van der Waals surface area contributed by atoms with E-state index in [1.807, 2.05) is 0 Å². The van der Waals surface area contributed by atoms with Gasteiger partial charge in [-0.3, -0.25) is 4.79 Å². The van der Waals surface area contributed by atoms with Gasteiger partial charge in [-0.15, -0.1) is 0 Å². The van der Waals surface area contributed by atoms with Crippen molar-refractivity contribution >= 4 is 34.9 Å². The number of benzene rings is 2. The summed E-state index contributed by atoms with van der Waals surface area (Å²) in [6.07, 6.45) is 0. The first kappa shape index (κ1) is 22.4. The minimum Gasteiger partial charge on any atom is -0.508 e. The third-order valence-electron chi connectivity index (χ3n) is 3.17. The number of hydrogen-bond acceptors (Lipinski definition) is 7. The molecular weight excluding hydrogens is 443 g/mol. The Hall–Kier alpha value is -2.63. The number of phenols is 4. The molecule has 3 rings (SSSR count). The second-order valence-corrected chi connectivity index (χ2v) is 4.65. The summed E-state index contributed by atoms with van der Waals surface area (Å²) in [6, 6.07) is 5.64. The van der Waals surface area contributed by atoms with Crippen LogP contribution in [0.2, 0.25) is 0 Å².